The molecule has 1 N–H and O–H groups in total. The number of rotatable bonds is 0. The number of anilines is 1. The molecule has 1 aromatic rings. The van der Waals surface area contributed by atoms with Gasteiger partial charge < -0.3 is 0 Å². The zero-order valence-electron chi connectivity index (χ0n) is 7.68. The molecule has 0 saturated carbocycles. The van der Waals surface area contributed by atoms with Crippen molar-refractivity contribution in [1.82, 2.24) is 5.32 Å². The van der Waals surface area contributed by atoms with Crippen LogP contribution in [0.2, 0.25) is 0 Å². The molecule has 1 atom stereocenters. The van der Waals surface area contributed by atoms with E-state index in [1.54, 1.807) is 12.1 Å². The SMILES string of the molecule is O=C1NC(=O)N2c3ccccc3N=CC12. The number of benzene rings is 1. The zero-order chi connectivity index (χ0) is 10.4. The third kappa shape index (κ3) is 0.999. The van der Waals surface area contributed by atoms with Crippen LogP contribution in [0.1, 0.15) is 0 Å². The van der Waals surface area contributed by atoms with Gasteiger partial charge in [-0.25, -0.2) is 4.79 Å². The minimum atomic E-state index is -0.590. The fourth-order valence-electron chi connectivity index (χ4n) is 1.80. The largest absolute Gasteiger partial charge is 0.329 e. The smallest absolute Gasteiger partial charge is 0.275 e. The number of hydrogen-bond donors (Lipinski definition) is 1. The van der Waals surface area contributed by atoms with E-state index < -0.39 is 6.04 Å². The van der Waals surface area contributed by atoms with Crippen molar-refractivity contribution >= 4 is 29.5 Å². The van der Waals surface area contributed by atoms with Gasteiger partial charge in [-0.1, -0.05) is 12.1 Å². The van der Waals surface area contributed by atoms with E-state index in [4.69, 9.17) is 0 Å². The summed E-state index contributed by atoms with van der Waals surface area (Å²) in [5, 5.41) is 2.26. The Morgan fingerprint density at radius 3 is 2.93 bits per heavy atom. The standard InChI is InChI=1S/C10H7N3O2/c14-9-8-5-11-6-3-1-2-4-7(6)13(8)10(15)12-9/h1-5,8H,(H,12,14,15). The highest BCUT2D eigenvalue weighted by molar-refractivity contribution is 6.23. The molecule has 74 valence electrons. The molecule has 5 nitrogen and oxygen atoms in total. The van der Waals surface area contributed by atoms with Crippen LogP contribution in [0.3, 0.4) is 0 Å². The van der Waals surface area contributed by atoms with E-state index in [9.17, 15) is 9.59 Å². The molecule has 5 heteroatoms. The Morgan fingerprint density at radius 1 is 1.27 bits per heavy atom. The molecule has 1 fully saturated rings. The molecule has 0 aromatic heterocycles. The first-order valence-corrected chi connectivity index (χ1v) is 4.54. The summed E-state index contributed by atoms with van der Waals surface area (Å²) in [6, 6.07) is 6.25. The Kier molecular flexibility index (Phi) is 1.45. The molecule has 0 radical (unpaired) electrons. The van der Waals surface area contributed by atoms with Crippen molar-refractivity contribution in [3.05, 3.63) is 24.3 Å². The lowest BCUT2D eigenvalue weighted by Crippen LogP contribution is -2.37. The summed E-state index contributed by atoms with van der Waals surface area (Å²) in [4.78, 5) is 28.4. The van der Waals surface area contributed by atoms with Gasteiger partial charge >= 0.3 is 6.03 Å². The van der Waals surface area contributed by atoms with Gasteiger partial charge in [0.1, 0.15) is 0 Å². The van der Waals surface area contributed by atoms with Crippen molar-refractivity contribution in [2.75, 3.05) is 4.90 Å². The zero-order valence-corrected chi connectivity index (χ0v) is 7.68. The number of fused-ring (bicyclic) bond motifs is 3. The highest BCUT2D eigenvalue weighted by Crippen LogP contribution is 2.34. The number of nitrogens with one attached hydrogen (secondary N) is 1. The van der Waals surface area contributed by atoms with Crippen molar-refractivity contribution < 1.29 is 9.59 Å². The highest BCUT2D eigenvalue weighted by Gasteiger charge is 2.40. The number of imide groups is 1. The molecule has 0 bridgehead atoms. The third-order valence-corrected chi connectivity index (χ3v) is 2.49. The van der Waals surface area contributed by atoms with Gasteiger partial charge in [-0.05, 0) is 12.1 Å². The number of nitrogens with zero attached hydrogens (tertiary/aromatic N) is 2. The Balaban J connectivity index is 2.19. The summed E-state index contributed by atoms with van der Waals surface area (Å²) in [5.74, 6) is -0.321. The molecule has 1 aromatic carbocycles. The van der Waals surface area contributed by atoms with Crippen LogP contribution >= 0.6 is 0 Å². The van der Waals surface area contributed by atoms with E-state index >= 15 is 0 Å². The van der Waals surface area contributed by atoms with E-state index in [1.165, 1.54) is 11.1 Å². The predicted octanol–water partition coefficient (Wildman–Crippen LogP) is 0.827. The second kappa shape index (κ2) is 2.66. The average Bonchev–Trinajstić information content (AvgIpc) is 2.55. The predicted molar refractivity (Wildman–Crippen MR) is 54.4 cm³/mol. The first kappa shape index (κ1) is 8.16. The second-order valence-electron chi connectivity index (χ2n) is 3.38. The Hall–Kier alpha value is -2.17. The molecular formula is C10H7N3O2. The second-order valence-corrected chi connectivity index (χ2v) is 3.38. The molecule has 1 saturated heterocycles. The van der Waals surface area contributed by atoms with Crippen LogP contribution in [0.4, 0.5) is 16.2 Å². The van der Waals surface area contributed by atoms with Gasteiger partial charge in [0, 0.05) is 6.21 Å². The van der Waals surface area contributed by atoms with E-state index in [-0.39, 0.29) is 11.9 Å². The van der Waals surface area contributed by atoms with Crippen LogP contribution in [0.25, 0.3) is 0 Å². The van der Waals surface area contributed by atoms with Crippen molar-refractivity contribution in [2.45, 2.75) is 6.04 Å². The summed E-state index contributed by atoms with van der Waals surface area (Å²) in [6.07, 6.45) is 1.49. The minimum absolute atomic E-state index is 0.321. The van der Waals surface area contributed by atoms with Gasteiger partial charge in [0.05, 0.1) is 11.4 Å². The molecule has 1 unspecified atom stereocenters. The van der Waals surface area contributed by atoms with Gasteiger partial charge in [-0.2, -0.15) is 0 Å². The van der Waals surface area contributed by atoms with E-state index in [2.05, 4.69) is 10.3 Å². The highest BCUT2D eigenvalue weighted by atomic mass is 16.2. The summed E-state index contributed by atoms with van der Waals surface area (Å²) in [7, 11) is 0. The van der Waals surface area contributed by atoms with E-state index in [1.807, 2.05) is 12.1 Å². The maximum absolute atomic E-state index is 11.5. The van der Waals surface area contributed by atoms with Crippen molar-refractivity contribution in [3.8, 4) is 0 Å². The molecule has 2 aliphatic rings. The van der Waals surface area contributed by atoms with Gasteiger partial charge in [0.15, 0.2) is 6.04 Å². The lowest BCUT2D eigenvalue weighted by Gasteiger charge is -2.23. The van der Waals surface area contributed by atoms with E-state index in [0.29, 0.717) is 11.4 Å². The number of hydrogen-bond acceptors (Lipinski definition) is 3. The molecule has 2 heterocycles. The van der Waals surface area contributed by atoms with Crippen molar-refractivity contribution in [1.29, 1.82) is 0 Å². The van der Waals surface area contributed by atoms with Crippen LogP contribution < -0.4 is 10.2 Å². The Labute approximate surface area is 85.4 Å². The summed E-state index contributed by atoms with van der Waals surface area (Å²) in [6.45, 7) is 0. The Morgan fingerprint density at radius 2 is 2.07 bits per heavy atom. The fourth-order valence-corrected chi connectivity index (χ4v) is 1.80. The van der Waals surface area contributed by atoms with Crippen LogP contribution in [-0.2, 0) is 4.79 Å². The van der Waals surface area contributed by atoms with Crippen LogP contribution in [0.15, 0.2) is 29.3 Å². The first-order valence-electron chi connectivity index (χ1n) is 4.54. The van der Waals surface area contributed by atoms with Crippen molar-refractivity contribution in [3.63, 3.8) is 0 Å². The minimum Gasteiger partial charge on any atom is -0.275 e. The maximum atomic E-state index is 11.5. The third-order valence-electron chi connectivity index (χ3n) is 2.49. The van der Waals surface area contributed by atoms with Gasteiger partial charge in [-0.15, -0.1) is 0 Å². The normalized spacial score (nSPS) is 22.4. The monoisotopic (exact) mass is 201 g/mol. The topological polar surface area (TPSA) is 61.8 Å². The molecule has 0 spiro atoms. The molecule has 15 heavy (non-hydrogen) atoms. The fraction of sp³-hybridized carbons (Fsp3) is 0.100. The maximum Gasteiger partial charge on any atom is 0.329 e. The number of carbonyl (C=O) groups is 2. The molecule has 0 aliphatic carbocycles. The summed E-state index contributed by atoms with van der Waals surface area (Å²) in [5.41, 5.74) is 1.38. The van der Waals surface area contributed by atoms with Crippen LogP contribution in [0, 0.1) is 0 Å². The number of amides is 3. The van der Waals surface area contributed by atoms with Crippen molar-refractivity contribution in [2.24, 2.45) is 4.99 Å². The number of urea groups is 1. The first-order chi connectivity index (χ1) is 7.27. The van der Waals surface area contributed by atoms with E-state index in [0.717, 1.165) is 0 Å². The number of para-hydroxylation sites is 2. The van der Waals surface area contributed by atoms with Gasteiger partial charge in [-0.3, -0.25) is 20.0 Å². The van der Waals surface area contributed by atoms with Gasteiger partial charge in [0.2, 0.25) is 0 Å². The van der Waals surface area contributed by atoms with Crippen LogP contribution in [-0.4, -0.2) is 24.2 Å². The molecule has 3 rings (SSSR count). The average molecular weight is 201 g/mol. The lowest BCUT2D eigenvalue weighted by atomic mass is 10.1. The molecular weight excluding hydrogens is 194 g/mol. The summed E-state index contributed by atoms with van der Waals surface area (Å²) >= 11 is 0. The quantitative estimate of drug-likeness (QED) is 0.632. The Bertz CT molecular complexity index is 495. The molecule has 3 amide bonds. The summed E-state index contributed by atoms with van der Waals surface area (Å²) < 4.78 is 0. The lowest BCUT2D eigenvalue weighted by molar-refractivity contribution is -0.118. The molecule has 2 aliphatic heterocycles. The number of carbonyl (C=O) groups excluding carboxylic acids is 2. The van der Waals surface area contributed by atoms with Crippen LogP contribution in [0.5, 0.6) is 0 Å². The van der Waals surface area contributed by atoms with Gasteiger partial charge in [0.25, 0.3) is 5.91 Å². The number of aliphatic imine (C=N–C) groups is 1.